The summed E-state index contributed by atoms with van der Waals surface area (Å²) in [6, 6.07) is 22.8. The summed E-state index contributed by atoms with van der Waals surface area (Å²) < 4.78 is 6.43. The van der Waals surface area contributed by atoms with Crippen LogP contribution in [0.15, 0.2) is 72.3 Å². The first kappa shape index (κ1) is 20.3. The summed E-state index contributed by atoms with van der Waals surface area (Å²) in [6.07, 6.45) is 1.52. The zero-order valence-corrected chi connectivity index (χ0v) is 17.9. The molecular weight excluding hydrogens is 406 g/mol. The third kappa shape index (κ3) is 4.47. The van der Waals surface area contributed by atoms with Crippen LogP contribution in [0.4, 0.5) is 5.69 Å². The smallest absolute Gasteiger partial charge is 0.266 e. The molecule has 3 aromatic carbocycles. The van der Waals surface area contributed by atoms with Gasteiger partial charge in [-0.2, -0.15) is 5.26 Å². The van der Waals surface area contributed by atoms with Gasteiger partial charge in [-0.3, -0.25) is 4.79 Å². The van der Waals surface area contributed by atoms with Crippen molar-refractivity contribution in [3.05, 3.63) is 83.4 Å². The van der Waals surface area contributed by atoms with Gasteiger partial charge in [0.1, 0.15) is 22.4 Å². The van der Waals surface area contributed by atoms with Crippen molar-refractivity contribution in [3.63, 3.8) is 0 Å². The number of methoxy groups -OCH3 is 1. The molecule has 1 N–H and O–H groups in total. The highest BCUT2D eigenvalue weighted by atomic mass is 32.1. The van der Waals surface area contributed by atoms with E-state index in [9.17, 15) is 10.1 Å². The normalized spacial score (nSPS) is 11.2. The van der Waals surface area contributed by atoms with Crippen LogP contribution in [0.1, 0.15) is 11.1 Å². The van der Waals surface area contributed by atoms with Crippen LogP contribution in [0.25, 0.3) is 26.9 Å². The molecule has 0 atom stereocenters. The maximum absolute atomic E-state index is 12.6. The summed E-state index contributed by atoms with van der Waals surface area (Å²) in [7, 11) is 1.55. The zero-order chi connectivity index (χ0) is 21.8. The molecule has 1 aromatic heterocycles. The number of carbonyl (C=O) groups excluding carboxylic acids is 1. The molecule has 152 valence electrons. The molecule has 0 aliphatic carbocycles. The Morgan fingerprint density at radius 2 is 1.90 bits per heavy atom. The van der Waals surface area contributed by atoms with Crippen LogP contribution in [0.5, 0.6) is 5.75 Å². The molecule has 1 heterocycles. The molecule has 0 bridgehead atoms. The number of rotatable bonds is 5. The second kappa shape index (κ2) is 8.82. The van der Waals surface area contributed by atoms with Crippen molar-refractivity contribution in [2.75, 3.05) is 12.4 Å². The van der Waals surface area contributed by atoms with Gasteiger partial charge in [-0.1, -0.05) is 24.3 Å². The van der Waals surface area contributed by atoms with E-state index < -0.39 is 5.91 Å². The van der Waals surface area contributed by atoms with Gasteiger partial charge >= 0.3 is 0 Å². The monoisotopic (exact) mass is 425 g/mol. The molecule has 1 amide bonds. The van der Waals surface area contributed by atoms with Gasteiger partial charge in [0.15, 0.2) is 0 Å². The molecule has 0 spiro atoms. The number of fused-ring (bicyclic) bond motifs is 1. The van der Waals surface area contributed by atoms with E-state index in [4.69, 9.17) is 4.74 Å². The number of nitrogens with zero attached hydrogens (tertiary/aromatic N) is 2. The van der Waals surface area contributed by atoms with E-state index in [-0.39, 0.29) is 5.57 Å². The summed E-state index contributed by atoms with van der Waals surface area (Å²) in [4.78, 5) is 17.3. The Labute approximate surface area is 184 Å². The number of aryl methyl sites for hydroxylation is 1. The number of anilines is 1. The third-order valence-corrected chi connectivity index (χ3v) is 5.80. The number of thiazole rings is 1. The molecule has 5 nitrogen and oxygen atoms in total. The van der Waals surface area contributed by atoms with E-state index in [1.807, 2.05) is 48.5 Å². The van der Waals surface area contributed by atoms with Gasteiger partial charge in [-0.05, 0) is 61.0 Å². The van der Waals surface area contributed by atoms with E-state index in [1.165, 1.54) is 11.6 Å². The van der Waals surface area contributed by atoms with E-state index in [0.29, 0.717) is 17.0 Å². The fourth-order valence-corrected chi connectivity index (χ4v) is 4.21. The Bertz CT molecular complexity index is 1330. The number of para-hydroxylation sites is 1. The molecule has 0 radical (unpaired) electrons. The van der Waals surface area contributed by atoms with Crippen molar-refractivity contribution < 1.29 is 9.53 Å². The van der Waals surface area contributed by atoms with Crippen LogP contribution >= 0.6 is 11.3 Å². The lowest BCUT2D eigenvalue weighted by atomic mass is 10.1. The average Bonchev–Trinajstić information content (AvgIpc) is 3.21. The summed E-state index contributed by atoms with van der Waals surface area (Å²) in [5.41, 5.74) is 4.42. The van der Waals surface area contributed by atoms with E-state index in [2.05, 4.69) is 29.4 Å². The zero-order valence-electron chi connectivity index (χ0n) is 17.0. The molecule has 0 aliphatic rings. The standard InChI is InChI=1S/C25H19N3O2S/c1-16-7-12-21-23(13-16)31-25(28-21)17-8-10-20(11-9-17)27-24(29)19(15-26)14-18-5-3-4-6-22(18)30-2/h3-14H,1-2H3,(H,27,29)/b19-14+. The average molecular weight is 426 g/mol. The summed E-state index contributed by atoms with van der Waals surface area (Å²) in [5.74, 6) is 0.120. The van der Waals surface area contributed by atoms with Crippen molar-refractivity contribution in [3.8, 4) is 22.4 Å². The van der Waals surface area contributed by atoms with Crippen molar-refractivity contribution >= 4 is 39.2 Å². The molecule has 0 saturated heterocycles. The Morgan fingerprint density at radius 1 is 1.13 bits per heavy atom. The number of aromatic nitrogens is 1. The predicted octanol–water partition coefficient (Wildman–Crippen LogP) is 5.83. The second-order valence-corrected chi connectivity index (χ2v) is 7.96. The van der Waals surface area contributed by atoms with Crippen LogP contribution in [0.3, 0.4) is 0 Å². The Hall–Kier alpha value is -3.95. The maximum Gasteiger partial charge on any atom is 0.266 e. The number of nitriles is 1. The highest BCUT2D eigenvalue weighted by Crippen LogP contribution is 2.31. The van der Waals surface area contributed by atoms with Crippen molar-refractivity contribution in [2.24, 2.45) is 0 Å². The Morgan fingerprint density at radius 3 is 2.65 bits per heavy atom. The first-order chi connectivity index (χ1) is 15.1. The summed E-state index contributed by atoms with van der Waals surface area (Å²) in [5, 5.41) is 13.2. The van der Waals surface area contributed by atoms with Crippen molar-refractivity contribution in [1.82, 2.24) is 4.98 Å². The van der Waals surface area contributed by atoms with Gasteiger partial charge in [0.2, 0.25) is 0 Å². The van der Waals surface area contributed by atoms with Gasteiger partial charge in [0, 0.05) is 16.8 Å². The van der Waals surface area contributed by atoms with Gasteiger partial charge < -0.3 is 10.1 Å². The quantitative estimate of drug-likeness (QED) is 0.323. The third-order valence-electron chi connectivity index (χ3n) is 4.74. The van der Waals surface area contributed by atoms with Crippen LogP contribution in [-0.2, 0) is 4.79 Å². The number of amides is 1. The molecule has 4 rings (SSSR count). The van der Waals surface area contributed by atoms with E-state index in [0.717, 1.165) is 20.8 Å². The van der Waals surface area contributed by atoms with Gasteiger partial charge in [-0.15, -0.1) is 11.3 Å². The van der Waals surface area contributed by atoms with Gasteiger partial charge in [-0.25, -0.2) is 4.98 Å². The minimum absolute atomic E-state index is 0.00452. The largest absolute Gasteiger partial charge is 0.496 e. The highest BCUT2D eigenvalue weighted by Gasteiger charge is 2.12. The molecule has 0 unspecified atom stereocenters. The number of nitrogens with one attached hydrogen (secondary N) is 1. The minimum atomic E-state index is -0.475. The summed E-state index contributed by atoms with van der Waals surface area (Å²) >= 11 is 1.64. The maximum atomic E-state index is 12.6. The molecule has 0 aliphatic heterocycles. The number of hydrogen-bond acceptors (Lipinski definition) is 5. The number of carbonyl (C=O) groups is 1. The number of hydrogen-bond donors (Lipinski definition) is 1. The molecular formula is C25H19N3O2S. The lowest BCUT2D eigenvalue weighted by molar-refractivity contribution is -0.112. The highest BCUT2D eigenvalue weighted by molar-refractivity contribution is 7.21. The number of ether oxygens (including phenoxy) is 1. The van der Waals surface area contributed by atoms with Crippen molar-refractivity contribution in [1.29, 1.82) is 5.26 Å². The topological polar surface area (TPSA) is 75.0 Å². The lowest BCUT2D eigenvalue weighted by Gasteiger charge is -2.07. The molecule has 0 saturated carbocycles. The molecule has 31 heavy (non-hydrogen) atoms. The lowest BCUT2D eigenvalue weighted by Crippen LogP contribution is -2.13. The van der Waals surface area contributed by atoms with Gasteiger partial charge in [0.05, 0.1) is 17.3 Å². The minimum Gasteiger partial charge on any atom is -0.496 e. The molecule has 4 aromatic rings. The first-order valence-corrected chi connectivity index (χ1v) is 10.4. The molecule has 0 fully saturated rings. The second-order valence-electron chi connectivity index (χ2n) is 6.93. The van der Waals surface area contributed by atoms with Gasteiger partial charge in [0.25, 0.3) is 5.91 Å². The van der Waals surface area contributed by atoms with Crippen molar-refractivity contribution in [2.45, 2.75) is 6.92 Å². The SMILES string of the molecule is COc1ccccc1/C=C(\C#N)C(=O)Nc1ccc(-c2nc3ccc(C)cc3s2)cc1. The van der Waals surface area contributed by atoms with Crippen LogP contribution < -0.4 is 10.1 Å². The fourth-order valence-electron chi connectivity index (χ4n) is 3.14. The molecule has 6 heteroatoms. The van der Waals surface area contributed by atoms with Crippen LogP contribution in [-0.4, -0.2) is 18.0 Å². The fraction of sp³-hybridized carbons (Fsp3) is 0.0800. The van der Waals surface area contributed by atoms with E-state index >= 15 is 0 Å². The Kier molecular flexibility index (Phi) is 5.78. The van der Waals surface area contributed by atoms with Crippen LogP contribution in [0.2, 0.25) is 0 Å². The first-order valence-electron chi connectivity index (χ1n) is 9.61. The predicted molar refractivity (Wildman–Crippen MR) is 125 cm³/mol. The Balaban J connectivity index is 1.53. The number of benzene rings is 3. The van der Waals surface area contributed by atoms with E-state index in [1.54, 1.807) is 30.6 Å². The summed E-state index contributed by atoms with van der Waals surface area (Å²) in [6.45, 7) is 2.06. The van der Waals surface area contributed by atoms with Crippen LogP contribution in [0, 0.1) is 18.3 Å².